The second-order valence-corrected chi connectivity index (χ2v) is 5.40. The van der Waals surface area contributed by atoms with Crippen molar-refractivity contribution in [3.05, 3.63) is 12.7 Å². The molecule has 0 aliphatic carbocycles. The van der Waals surface area contributed by atoms with E-state index in [9.17, 15) is 4.57 Å². The van der Waals surface area contributed by atoms with E-state index in [-0.39, 0.29) is 6.61 Å². The van der Waals surface area contributed by atoms with Crippen molar-refractivity contribution in [2.24, 2.45) is 0 Å². The van der Waals surface area contributed by atoms with E-state index in [0.29, 0.717) is 19.8 Å². The Bertz CT molecular complexity index is 215. The van der Waals surface area contributed by atoms with Crippen LogP contribution in [0.4, 0.5) is 0 Å². The number of quaternary nitrogens is 1. The largest absolute Gasteiger partial charge is 0.375 e. The molecule has 0 heterocycles. The summed E-state index contributed by atoms with van der Waals surface area (Å²) < 4.78 is 27.1. The molecule has 5 nitrogen and oxygen atoms in total. The van der Waals surface area contributed by atoms with Crippen LogP contribution in [-0.2, 0) is 18.3 Å². The number of likely N-dealkylation sites (N-methyl/N-ethyl adjacent to an activating group) is 1. The molecule has 0 spiro atoms. The summed E-state index contributed by atoms with van der Waals surface area (Å²) in [7, 11) is 3.77. The molecule has 0 rings (SSSR count). The predicted molar refractivity (Wildman–Crippen MR) is 64.8 cm³/mol. The molecule has 0 saturated carbocycles. The second-order valence-electron chi connectivity index (χ2n) is 4.32. The topological polar surface area (TPSA) is 44.8 Å². The minimum atomic E-state index is -2.36. The third-order valence-corrected chi connectivity index (χ3v) is 2.54. The molecule has 1 atom stereocenters. The quantitative estimate of drug-likeness (QED) is 0.254. The minimum Gasteiger partial charge on any atom is -0.375 e. The normalized spacial score (nSPS) is 13.7. The first-order valence-electron chi connectivity index (χ1n) is 5.24. The summed E-state index contributed by atoms with van der Waals surface area (Å²) in [6, 6.07) is 0. The zero-order valence-corrected chi connectivity index (χ0v) is 11.4. The molecule has 96 valence electrons. The second kappa shape index (κ2) is 8.90. The maximum atomic E-state index is 11.2. The molecule has 16 heavy (non-hydrogen) atoms. The highest BCUT2D eigenvalue weighted by Gasteiger charge is 2.08. The van der Waals surface area contributed by atoms with Crippen LogP contribution in [0.5, 0.6) is 0 Å². The molecule has 0 amide bonds. The maximum absolute atomic E-state index is 11.2. The van der Waals surface area contributed by atoms with Gasteiger partial charge in [-0.15, -0.1) is 6.58 Å². The van der Waals surface area contributed by atoms with Crippen LogP contribution in [-0.4, -0.2) is 58.6 Å². The van der Waals surface area contributed by atoms with E-state index in [1.807, 2.05) is 21.1 Å². The molecule has 0 saturated heterocycles. The summed E-state index contributed by atoms with van der Waals surface area (Å²) in [6.45, 7) is 5.92. The van der Waals surface area contributed by atoms with Crippen LogP contribution in [0.25, 0.3) is 0 Å². The minimum absolute atomic E-state index is 0.288. The Morgan fingerprint density at radius 1 is 1.19 bits per heavy atom. The number of hydrogen-bond donors (Lipinski definition) is 0. The summed E-state index contributed by atoms with van der Waals surface area (Å²) in [5.74, 6) is 0. The molecular weight excluding hydrogens is 229 g/mol. The summed E-state index contributed by atoms with van der Waals surface area (Å²) >= 11 is 0. The number of hydrogen-bond acceptors (Lipinski definition) is 4. The number of ether oxygens (including phenoxy) is 1. The fourth-order valence-electron chi connectivity index (χ4n) is 0.795. The summed E-state index contributed by atoms with van der Waals surface area (Å²) in [5.41, 5.74) is 0. The highest BCUT2D eigenvalue weighted by atomic mass is 31.1. The Morgan fingerprint density at radius 3 is 2.38 bits per heavy atom. The maximum Gasteiger partial charge on any atom is 0.319 e. The Morgan fingerprint density at radius 2 is 1.81 bits per heavy atom. The van der Waals surface area contributed by atoms with E-state index in [0.717, 1.165) is 11.0 Å². The van der Waals surface area contributed by atoms with E-state index >= 15 is 0 Å². The van der Waals surface area contributed by atoms with Gasteiger partial charge in [0.25, 0.3) is 0 Å². The van der Waals surface area contributed by atoms with Gasteiger partial charge in [-0.2, -0.15) is 0 Å². The summed E-state index contributed by atoms with van der Waals surface area (Å²) in [4.78, 5) is 0. The lowest BCUT2D eigenvalue weighted by atomic mass is 10.5. The van der Waals surface area contributed by atoms with Gasteiger partial charge < -0.3 is 18.3 Å². The molecule has 0 aromatic rings. The van der Waals surface area contributed by atoms with Crippen LogP contribution in [0, 0.1) is 0 Å². The Kier molecular flexibility index (Phi) is 8.80. The van der Waals surface area contributed by atoms with E-state index < -0.39 is 8.25 Å². The Hall–Kier alpha value is -0.190. The lowest BCUT2D eigenvalue weighted by Gasteiger charge is -2.23. The van der Waals surface area contributed by atoms with Gasteiger partial charge in [-0.1, -0.05) is 6.08 Å². The Balaban J connectivity index is 3.35. The van der Waals surface area contributed by atoms with Crippen molar-refractivity contribution in [2.45, 2.75) is 0 Å². The molecule has 0 aromatic heterocycles. The first-order chi connectivity index (χ1) is 7.45. The number of rotatable bonds is 10. The molecular formula is C10H23NO4P+. The molecule has 0 aliphatic heterocycles. The van der Waals surface area contributed by atoms with Gasteiger partial charge in [-0.25, -0.2) is 0 Å². The zero-order valence-electron chi connectivity index (χ0n) is 10.4. The third-order valence-electron chi connectivity index (χ3n) is 1.67. The van der Waals surface area contributed by atoms with Crippen molar-refractivity contribution in [2.75, 3.05) is 54.1 Å². The van der Waals surface area contributed by atoms with Gasteiger partial charge in [0, 0.05) is 0 Å². The van der Waals surface area contributed by atoms with Crippen LogP contribution in [0.15, 0.2) is 12.7 Å². The fraction of sp³-hybridized carbons (Fsp3) is 0.800. The summed E-state index contributed by atoms with van der Waals surface area (Å²) in [6.07, 6.45) is 1.65. The van der Waals surface area contributed by atoms with Crippen molar-refractivity contribution in [3.8, 4) is 0 Å². The third kappa shape index (κ3) is 11.9. The van der Waals surface area contributed by atoms with Gasteiger partial charge >= 0.3 is 8.25 Å². The van der Waals surface area contributed by atoms with Gasteiger partial charge in [0.05, 0.1) is 41.0 Å². The molecule has 0 radical (unpaired) electrons. The molecule has 6 heteroatoms. The van der Waals surface area contributed by atoms with E-state index in [2.05, 4.69) is 6.58 Å². The average molecular weight is 252 g/mol. The highest BCUT2D eigenvalue weighted by Crippen LogP contribution is 2.22. The highest BCUT2D eigenvalue weighted by molar-refractivity contribution is 7.33. The number of nitrogens with zero attached hydrogens (tertiary/aromatic N) is 1. The molecule has 0 N–H and O–H groups in total. The SMILES string of the molecule is C=CCOCCO[PH](=O)OCC[N+](C)(C)C. The molecule has 1 unspecified atom stereocenters. The van der Waals surface area contributed by atoms with Crippen LogP contribution >= 0.6 is 8.25 Å². The van der Waals surface area contributed by atoms with Gasteiger partial charge in [0.1, 0.15) is 13.2 Å². The first-order valence-corrected chi connectivity index (χ1v) is 6.47. The first kappa shape index (κ1) is 15.8. The molecule has 0 aliphatic rings. The van der Waals surface area contributed by atoms with Crippen molar-refractivity contribution >= 4 is 8.25 Å². The van der Waals surface area contributed by atoms with Gasteiger partial charge in [0.15, 0.2) is 0 Å². The van der Waals surface area contributed by atoms with Gasteiger partial charge in [-0.05, 0) is 0 Å². The average Bonchev–Trinajstić information content (AvgIpc) is 2.15. The van der Waals surface area contributed by atoms with Crippen LogP contribution in [0.3, 0.4) is 0 Å². The Labute approximate surface area is 98.5 Å². The molecule has 0 bridgehead atoms. The standard InChI is InChI=1S/C10H23NO4P/c1-5-7-13-9-10-15-16(12)14-8-6-11(2,3)4/h5,16H,1,6-10H2,2-4H3/q+1. The van der Waals surface area contributed by atoms with Crippen LogP contribution in [0.1, 0.15) is 0 Å². The van der Waals surface area contributed by atoms with E-state index in [4.69, 9.17) is 13.8 Å². The van der Waals surface area contributed by atoms with Gasteiger partial charge in [0.2, 0.25) is 0 Å². The smallest absolute Gasteiger partial charge is 0.319 e. The lowest BCUT2D eigenvalue weighted by Crippen LogP contribution is -2.37. The van der Waals surface area contributed by atoms with Crippen molar-refractivity contribution < 1.29 is 22.8 Å². The van der Waals surface area contributed by atoms with Crippen molar-refractivity contribution in [3.63, 3.8) is 0 Å². The van der Waals surface area contributed by atoms with Gasteiger partial charge in [-0.3, -0.25) is 4.57 Å². The monoisotopic (exact) mass is 252 g/mol. The molecule has 0 aromatic carbocycles. The van der Waals surface area contributed by atoms with E-state index in [1.54, 1.807) is 6.08 Å². The lowest BCUT2D eigenvalue weighted by molar-refractivity contribution is -0.870. The summed E-state index contributed by atoms with van der Waals surface area (Å²) in [5, 5.41) is 0. The van der Waals surface area contributed by atoms with Crippen molar-refractivity contribution in [1.29, 1.82) is 0 Å². The van der Waals surface area contributed by atoms with Crippen LogP contribution in [0.2, 0.25) is 0 Å². The fourth-order valence-corrected chi connectivity index (χ4v) is 1.39. The predicted octanol–water partition coefficient (Wildman–Crippen LogP) is 1.32. The van der Waals surface area contributed by atoms with Crippen molar-refractivity contribution in [1.82, 2.24) is 0 Å². The van der Waals surface area contributed by atoms with Crippen LogP contribution < -0.4 is 0 Å². The zero-order chi connectivity index (χ0) is 12.4. The van der Waals surface area contributed by atoms with E-state index in [1.165, 1.54) is 0 Å². The molecule has 0 fully saturated rings.